The molecule has 108 valence electrons. The second-order valence-electron chi connectivity index (χ2n) is 4.58. The molecule has 1 atom stereocenters. The number of nitrogens with zero attached hydrogens (tertiary/aromatic N) is 2. The normalized spacial score (nSPS) is 22.6. The topological polar surface area (TPSA) is 78.2 Å². The van der Waals surface area contributed by atoms with Gasteiger partial charge in [0.1, 0.15) is 23.2 Å². The highest BCUT2D eigenvalue weighted by Crippen LogP contribution is 2.29. The highest BCUT2D eigenvalue weighted by Gasteiger charge is 2.34. The number of pyridine rings is 1. The minimum absolute atomic E-state index is 0.0134. The lowest BCUT2D eigenvalue weighted by molar-refractivity contribution is -0.141. The van der Waals surface area contributed by atoms with Gasteiger partial charge in [-0.3, -0.25) is 0 Å². The Morgan fingerprint density at radius 1 is 1.50 bits per heavy atom. The first-order valence-corrected chi connectivity index (χ1v) is 5.86. The van der Waals surface area contributed by atoms with Crippen molar-refractivity contribution in [1.82, 2.24) is 4.98 Å². The minimum atomic E-state index is -4.59. The molecule has 2 heterocycles. The van der Waals surface area contributed by atoms with Gasteiger partial charge in [0.05, 0.1) is 12.2 Å². The molecule has 1 aromatic heterocycles. The zero-order valence-electron chi connectivity index (χ0n) is 10.4. The summed E-state index contributed by atoms with van der Waals surface area (Å²) in [5.74, 6) is -0.192. The average molecular weight is 287 g/mol. The van der Waals surface area contributed by atoms with Crippen molar-refractivity contribution in [2.75, 3.05) is 25.1 Å². The molecule has 1 saturated heterocycles. The molecule has 0 radical (unpaired) electrons. The number of anilines is 1. The standard InChI is InChI=1S/C12H12F3N3O2/c13-12(14,15)9-2-1-8(5-16)10(18-9)17-6-11(19)3-4-20-7-11/h1-2,19H,3-4,6-7H2,(H,17,18). The van der Waals surface area contributed by atoms with Gasteiger partial charge in [-0.05, 0) is 12.1 Å². The van der Waals surface area contributed by atoms with E-state index in [1.165, 1.54) is 0 Å². The summed E-state index contributed by atoms with van der Waals surface area (Å²) in [7, 11) is 0. The Morgan fingerprint density at radius 3 is 2.80 bits per heavy atom. The second kappa shape index (κ2) is 5.26. The van der Waals surface area contributed by atoms with E-state index >= 15 is 0 Å². The van der Waals surface area contributed by atoms with E-state index in [-0.39, 0.29) is 24.5 Å². The van der Waals surface area contributed by atoms with Crippen molar-refractivity contribution in [3.05, 3.63) is 23.4 Å². The molecule has 2 N–H and O–H groups in total. The number of ether oxygens (including phenoxy) is 1. The Kier molecular flexibility index (Phi) is 3.83. The fourth-order valence-corrected chi connectivity index (χ4v) is 1.83. The van der Waals surface area contributed by atoms with E-state index in [1.807, 2.05) is 0 Å². The van der Waals surface area contributed by atoms with Crippen LogP contribution in [-0.4, -0.2) is 35.5 Å². The summed E-state index contributed by atoms with van der Waals surface area (Å²) >= 11 is 0. The number of hydrogen-bond acceptors (Lipinski definition) is 5. The third-order valence-corrected chi connectivity index (χ3v) is 2.97. The van der Waals surface area contributed by atoms with Crippen molar-refractivity contribution in [2.45, 2.75) is 18.2 Å². The first kappa shape index (κ1) is 14.6. The fourth-order valence-electron chi connectivity index (χ4n) is 1.83. The lowest BCUT2D eigenvalue weighted by Gasteiger charge is -2.21. The number of alkyl halides is 3. The Hall–Kier alpha value is -1.85. The number of aromatic nitrogens is 1. The lowest BCUT2D eigenvalue weighted by Crippen LogP contribution is -2.37. The Balaban J connectivity index is 2.19. The maximum atomic E-state index is 12.6. The van der Waals surface area contributed by atoms with Crippen molar-refractivity contribution in [2.24, 2.45) is 0 Å². The minimum Gasteiger partial charge on any atom is -0.386 e. The van der Waals surface area contributed by atoms with Crippen molar-refractivity contribution in [1.29, 1.82) is 5.26 Å². The number of hydrogen-bond donors (Lipinski definition) is 2. The maximum absolute atomic E-state index is 12.6. The van der Waals surface area contributed by atoms with Crippen molar-refractivity contribution in [3.8, 4) is 6.07 Å². The first-order chi connectivity index (χ1) is 9.34. The van der Waals surface area contributed by atoms with Gasteiger partial charge in [-0.1, -0.05) is 0 Å². The molecule has 1 aliphatic rings. The van der Waals surface area contributed by atoms with E-state index in [9.17, 15) is 18.3 Å². The molecule has 1 aliphatic heterocycles. The molecule has 0 spiro atoms. The molecule has 0 saturated carbocycles. The molecule has 1 aromatic rings. The molecular weight excluding hydrogens is 275 g/mol. The van der Waals surface area contributed by atoms with Crippen LogP contribution < -0.4 is 5.32 Å². The number of nitrogens with one attached hydrogen (secondary N) is 1. The summed E-state index contributed by atoms with van der Waals surface area (Å²) in [4.78, 5) is 3.40. The third kappa shape index (κ3) is 3.18. The Bertz CT molecular complexity index is 534. The summed E-state index contributed by atoms with van der Waals surface area (Å²) in [6, 6.07) is 3.55. The smallest absolute Gasteiger partial charge is 0.386 e. The molecule has 0 aliphatic carbocycles. The molecule has 1 unspecified atom stereocenters. The van der Waals surface area contributed by atoms with Gasteiger partial charge in [-0.25, -0.2) is 4.98 Å². The zero-order chi connectivity index (χ0) is 14.8. The highest BCUT2D eigenvalue weighted by atomic mass is 19.4. The molecule has 0 amide bonds. The van der Waals surface area contributed by atoms with E-state index in [2.05, 4.69) is 10.3 Å². The van der Waals surface area contributed by atoms with Crippen molar-refractivity contribution in [3.63, 3.8) is 0 Å². The van der Waals surface area contributed by atoms with Crippen LogP contribution >= 0.6 is 0 Å². The quantitative estimate of drug-likeness (QED) is 0.881. The predicted molar refractivity (Wildman–Crippen MR) is 62.8 cm³/mol. The van der Waals surface area contributed by atoms with E-state index < -0.39 is 17.5 Å². The monoisotopic (exact) mass is 287 g/mol. The van der Waals surface area contributed by atoms with Crippen LogP contribution in [0.3, 0.4) is 0 Å². The van der Waals surface area contributed by atoms with E-state index in [0.29, 0.717) is 13.0 Å². The van der Waals surface area contributed by atoms with Gasteiger partial charge in [0.25, 0.3) is 0 Å². The van der Waals surface area contributed by atoms with E-state index in [0.717, 1.165) is 12.1 Å². The first-order valence-electron chi connectivity index (χ1n) is 5.86. The van der Waals surface area contributed by atoms with Gasteiger partial charge >= 0.3 is 6.18 Å². The van der Waals surface area contributed by atoms with E-state index in [4.69, 9.17) is 10.00 Å². The van der Waals surface area contributed by atoms with Gasteiger partial charge in [0.2, 0.25) is 0 Å². The molecule has 1 fully saturated rings. The summed E-state index contributed by atoms with van der Waals surface area (Å²) in [5, 5.41) is 21.5. The summed E-state index contributed by atoms with van der Waals surface area (Å²) in [5.41, 5.74) is -2.25. The highest BCUT2D eigenvalue weighted by molar-refractivity contribution is 5.52. The molecule has 5 nitrogen and oxygen atoms in total. The average Bonchev–Trinajstić information content (AvgIpc) is 2.82. The van der Waals surface area contributed by atoms with Crippen LogP contribution in [0.5, 0.6) is 0 Å². The van der Waals surface area contributed by atoms with Gasteiger partial charge in [0, 0.05) is 19.6 Å². The number of nitriles is 1. The maximum Gasteiger partial charge on any atom is 0.433 e. The lowest BCUT2D eigenvalue weighted by atomic mass is 10.0. The van der Waals surface area contributed by atoms with Gasteiger partial charge < -0.3 is 15.2 Å². The number of rotatable bonds is 3. The van der Waals surface area contributed by atoms with Crippen molar-refractivity contribution < 1.29 is 23.0 Å². The van der Waals surface area contributed by atoms with Crippen LogP contribution in [-0.2, 0) is 10.9 Å². The Labute approximate surface area is 113 Å². The molecule has 20 heavy (non-hydrogen) atoms. The van der Waals surface area contributed by atoms with Crippen LogP contribution in [0, 0.1) is 11.3 Å². The molecule has 8 heteroatoms. The third-order valence-electron chi connectivity index (χ3n) is 2.97. The zero-order valence-corrected chi connectivity index (χ0v) is 10.4. The van der Waals surface area contributed by atoms with Crippen LogP contribution in [0.4, 0.5) is 19.0 Å². The fraction of sp³-hybridized carbons (Fsp3) is 0.500. The molecular formula is C12H12F3N3O2. The van der Waals surface area contributed by atoms with Crippen LogP contribution in [0.15, 0.2) is 12.1 Å². The summed E-state index contributed by atoms with van der Waals surface area (Å²) in [6.07, 6.45) is -4.21. The van der Waals surface area contributed by atoms with Crippen molar-refractivity contribution >= 4 is 5.82 Å². The van der Waals surface area contributed by atoms with Crippen LogP contribution in [0.1, 0.15) is 17.7 Å². The molecule has 2 rings (SSSR count). The predicted octanol–water partition coefficient (Wildman–Crippen LogP) is 1.54. The van der Waals surface area contributed by atoms with Gasteiger partial charge in [0.15, 0.2) is 0 Å². The summed E-state index contributed by atoms with van der Waals surface area (Å²) < 4.78 is 42.8. The van der Waals surface area contributed by atoms with Crippen LogP contribution in [0.2, 0.25) is 0 Å². The van der Waals surface area contributed by atoms with Crippen LogP contribution in [0.25, 0.3) is 0 Å². The van der Waals surface area contributed by atoms with Gasteiger partial charge in [-0.2, -0.15) is 18.4 Å². The number of halogens is 3. The number of aliphatic hydroxyl groups is 1. The molecule has 0 aromatic carbocycles. The SMILES string of the molecule is N#Cc1ccc(C(F)(F)F)nc1NCC1(O)CCOC1. The van der Waals surface area contributed by atoms with E-state index in [1.54, 1.807) is 6.07 Å². The Morgan fingerprint density at radius 2 is 2.25 bits per heavy atom. The summed E-state index contributed by atoms with van der Waals surface area (Å²) in [6.45, 7) is 0.455. The second-order valence-corrected chi connectivity index (χ2v) is 4.58. The largest absolute Gasteiger partial charge is 0.433 e. The van der Waals surface area contributed by atoms with Gasteiger partial charge in [-0.15, -0.1) is 0 Å². The molecule has 0 bridgehead atoms.